The monoisotopic (exact) mass is 448 g/mol. The summed E-state index contributed by atoms with van der Waals surface area (Å²) < 4.78 is 21.6. The number of aromatic nitrogens is 2. The van der Waals surface area contributed by atoms with Crippen molar-refractivity contribution in [3.8, 4) is 0 Å². The fourth-order valence-electron chi connectivity index (χ4n) is 3.81. The van der Waals surface area contributed by atoms with Crippen molar-refractivity contribution in [2.75, 3.05) is 19.8 Å². The lowest BCUT2D eigenvalue weighted by Crippen LogP contribution is -2.54. The van der Waals surface area contributed by atoms with Crippen LogP contribution in [-0.2, 0) is 20.9 Å². The molecule has 174 valence electrons. The van der Waals surface area contributed by atoms with E-state index >= 15 is 0 Å². The quantitative estimate of drug-likeness (QED) is 0.595. The molecule has 0 bridgehead atoms. The molecule has 10 heteroatoms. The third-order valence-corrected chi connectivity index (χ3v) is 5.53. The molecule has 9 nitrogen and oxygen atoms in total. The van der Waals surface area contributed by atoms with Crippen molar-refractivity contribution in [2.45, 2.75) is 46.2 Å². The number of carboxylic acid groups (broad SMARTS) is 1. The first-order valence-corrected chi connectivity index (χ1v) is 10.6. The Morgan fingerprint density at radius 1 is 1.28 bits per heavy atom. The summed E-state index contributed by atoms with van der Waals surface area (Å²) in [6.45, 7) is 6.42. The van der Waals surface area contributed by atoms with E-state index in [-0.39, 0.29) is 17.1 Å². The van der Waals surface area contributed by atoms with Crippen LogP contribution in [0.25, 0.3) is 10.9 Å². The molecule has 0 radical (unpaired) electrons. The first-order valence-electron chi connectivity index (χ1n) is 10.6. The summed E-state index contributed by atoms with van der Waals surface area (Å²) in [6.07, 6.45) is 1.65. The van der Waals surface area contributed by atoms with Crippen LogP contribution >= 0.6 is 0 Å². The molecule has 1 fully saturated rings. The van der Waals surface area contributed by atoms with Crippen molar-refractivity contribution in [2.24, 2.45) is 11.3 Å². The van der Waals surface area contributed by atoms with Crippen molar-refractivity contribution in [1.29, 1.82) is 0 Å². The normalized spacial score (nSPS) is 16.0. The highest BCUT2D eigenvalue weighted by atomic mass is 19.1. The third-order valence-electron chi connectivity index (χ3n) is 5.53. The Kier molecular flexibility index (Phi) is 7.12. The van der Waals surface area contributed by atoms with Crippen LogP contribution in [0.15, 0.2) is 18.2 Å². The number of fused-ring (bicyclic) bond motifs is 1. The van der Waals surface area contributed by atoms with E-state index in [0.29, 0.717) is 25.1 Å². The van der Waals surface area contributed by atoms with Crippen LogP contribution in [0.2, 0.25) is 0 Å². The van der Waals surface area contributed by atoms with E-state index in [9.17, 15) is 18.8 Å². The molecule has 0 saturated carbocycles. The van der Waals surface area contributed by atoms with Crippen LogP contribution in [-0.4, -0.2) is 58.5 Å². The summed E-state index contributed by atoms with van der Waals surface area (Å²) in [5.74, 6) is -2.66. The highest BCUT2D eigenvalue weighted by Gasteiger charge is 2.34. The lowest BCUT2D eigenvalue weighted by atomic mass is 9.86. The number of carboxylic acids is 1. The molecule has 2 amide bonds. The van der Waals surface area contributed by atoms with E-state index in [2.05, 4.69) is 15.7 Å². The average molecular weight is 448 g/mol. The van der Waals surface area contributed by atoms with Crippen molar-refractivity contribution < 1.29 is 28.6 Å². The fourth-order valence-corrected chi connectivity index (χ4v) is 3.81. The number of nitrogens with one attached hydrogen (secondary N) is 2. The van der Waals surface area contributed by atoms with Gasteiger partial charge in [0.2, 0.25) is 5.91 Å². The van der Waals surface area contributed by atoms with Gasteiger partial charge in [-0.25, -0.2) is 4.39 Å². The second-order valence-corrected chi connectivity index (χ2v) is 9.11. The highest BCUT2D eigenvalue weighted by molar-refractivity contribution is 6.06. The third kappa shape index (κ3) is 5.42. The number of hydrogen-bond donors (Lipinski definition) is 3. The van der Waals surface area contributed by atoms with E-state index in [0.717, 1.165) is 12.8 Å². The number of carbonyl (C=O) groups excluding carboxylic acids is 2. The van der Waals surface area contributed by atoms with Crippen LogP contribution in [0, 0.1) is 17.2 Å². The molecule has 1 atom stereocenters. The number of carbonyl (C=O) groups is 3. The Labute approximate surface area is 185 Å². The number of para-hydroxylation sites is 1. The van der Waals surface area contributed by atoms with E-state index < -0.39 is 41.6 Å². The maximum atomic E-state index is 14.7. The van der Waals surface area contributed by atoms with Crippen LogP contribution in [0.3, 0.4) is 0 Å². The van der Waals surface area contributed by atoms with Crippen LogP contribution in [0.5, 0.6) is 0 Å². The molecule has 1 aromatic carbocycles. The van der Waals surface area contributed by atoms with Gasteiger partial charge in [-0.2, -0.15) is 5.10 Å². The highest BCUT2D eigenvalue weighted by Crippen LogP contribution is 2.26. The summed E-state index contributed by atoms with van der Waals surface area (Å²) in [4.78, 5) is 36.5. The molecule has 1 aromatic heterocycles. The van der Waals surface area contributed by atoms with Gasteiger partial charge in [0.1, 0.15) is 23.9 Å². The van der Waals surface area contributed by atoms with Crippen LogP contribution < -0.4 is 10.6 Å². The largest absolute Gasteiger partial charge is 0.480 e. The van der Waals surface area contributed by atoms with Gasteiger partial charge in [0, 0.05) is 25.1 Å². The van der Waals surface area contributed by atoms with E-state index in [1.807, 2.05) is 0 Å². The molecule has 0 spiro atoms. The van der Waals surface area contributed by atoms with Crippen molar-refractivity contribution in [1.82, 2.24) is 20.4 Å². The van der Waals surface area contributed by atoms with Crippen molar-refractivity contribution in [3.63, 3.8) is 0 Å². The van der Waals surface area contributed by atoms with Crippen molar-refractivity contribution in [3.05, 3.63) is 29.7 Å². The average Bonchev–Trinajstić information content (AvgIpc) is 3.09. The first kappa shape index (κ1) is 23.6. The molecule has 1 aliphatic rings. The first-order chi connectivity index (χ1) is 15.1. The molecule has 1 saturated heterocycles. The molecular formula is C22H29FN4O5. The summed E-state index contributed by atoms with van der Waals surface area (Å²) in [6, 6.07) is 3.44. The molecule has 2 heterocycles. The zero-order chi connectivity index (χ0) is 23.5. The lowest BCUT2D eigenvalue weighted by molar-refractivity contribution is -0.138. The molecule has 0 aliphatic carbocycles. The maximum Gasteiger partial charge on any atom is 0.322 e. The summed E-state index contributed by atoms with van der Waals surface area (Å²) in [5.41, 5.74) is -0.442. The number of rotatable bonds is 7. The molecule has 1 aliphatic heterocycles. The van der Waals surface area contributed by atoms with Gasteiger partial charge >= 0.3 is 5.97 Å². The maximum absolute atomic E-state index is 14.7. The Bertz CT molecular complexity index is 1010. The molecule has 32 heavy (non-hydrogen) atoms. The van der Waals surface area contributed by atoms with Gasteiger partial charge in [-0.3, -0.25) is 19.1 Å². The predicted octanol–water partition coefficient (Wildman–Crippen LogP) is 1.95. The minimum Gasteiger partial charge on any atom is -0.480 e. The van der Waals surface area contributed by atoms with E-state index in [4.69, 9.17) is 9.84 Å². The molecule has 2 aromatic rings. The fraction of sp³-hybridized carbons (Fsp3) is 0.545. The number of benzene rings is 1. The zero-order valence-electron chi connectivity index (χ0n) is 18.5. The number of hydrogen-bond acceptors (Lipinski definition) is 5. The minimum absolute atomic E-state index is 0.0202. The van der Waals surface area contributed by atoms with Crippen LogP contribution in [0.1, 0.15) is 44.1 Å². The number of nitrogens with zero attached hydrogens (tertiary/aromatic N) is 2. The SMILES string of the molecule is CC(C)(C)[C@H](NC(=O)c1nn(CC2CCOCC2)c2c(F)cccc12)C(=O)NCC(=O)O. The molecule has 3 rings (SSSR count). The van der Waals surface area contributed by atoms with Gasteiger partial charge in [0.05, 0.1) is 0 Å². The Morgan fingerprint density at radius 3 is 2.59 bits per heavy atom. The smallest absolute Gasteiger partial charge is 0.322 e. The number of amides is 2. The van der Waals surface area contributed by atoms with Crippen LogP contribution in [0.4, 0.5) is 4.39 Å². The van der Waals surface area contributed by atoms with Crippen molar-refractivity contribution >= 4 is 28.7 Å². The minimum atomic E-state index is -1.19. The van der Waals surface area contributed by atoms with Gasteiger partial charge in [0.15, 0.2) is 5.69 Å². The number of ether oxygens (including phenoxy) is 1. The summed E-state index contributed by atoms with van der Waals surface area (Å²) in [5, 5.41) is 18.6. The topological polar surface area (TPSA) is 123 Å². The van der Waals surface area contributed by atoms with Gasteiger partial charge in [-0.1, -0.05) is 32.9 Å². The van der Waals surface area contributed by atoms with E-state index in [1.54, 1.807) is 26.8 Å². The number of aliphatic carboxylic acids is 1. The standard InChI is InChI=1S/C22H29FN4O5/c1-22(2,3)19(21(31)24-11-16(28)29)25-20(30)17-14-5-4-6-15(23)18(14)27(26-17)12-13-7-9-32-10-8-13/h4-6,13,19H,7-12H2,1-3H3,(H,24,31)(H,25,30)(H,28,29)/t19-/m1/s1. The predicted molar refractivity (Wildman–Crippen MR) is 115 cm³/mol. The molecule has 0 unspecified atom stereocenters. The molecular weight excluding hydrogens is 419 g/mol. The summed E-state index contributed by atoms with van der Waals surface area (Å²) in [7, 11) is 0. The molecule has 3 N–H and O–H groups in total. The van der Waals surface area contributed by atoms with Gasteiger partial charge < -0.3 is 20.5 Å². The Morgan fingerprint density at radius 2 is 1.97 bits per heavy atom. The van der Waals surface area contributed by atoms with E-state index in [1.165, 1.54) is 16.8 Å². The second kappa shape index (κ2) is 9.64. The van der Waals surface area contributed by atoms with Gasteiger partial charge in [0.25, 0.3) is 5.91 Å². The zero-order valence-corrected chi connectivity index (χ0v) is 18.5. The van der Waals surface area contributed by atoms with Gasteiger partial charge in [-0.15, -0.1) is 0 Å². The summed E-state index contributed by atoms with van der Waals surface area (Å²) >= 11 is 0. The Balaban J connectivity index is 1.90. The lowest BCUT2D eigenvalue weighted by Gasteiger charge is -2.30. The number of halogens is 1. The second-order valence-electron chi connectivity index (χ2n) is 9.11. The Hall–Kier alpha value is -3.01. The van der Waals surface area contributed by atoms with Gasteiger partial charge in [-0.05, 0) is 30.2 Å².